The van der Waals surface area contributed by atoms with Crippen LogP contribution in [0.5, 0.6) is 0 Å². The van der Waals surface area contributed by atoms with Gasteiger partial charge in [0.1, 0.15) is 11.4 Å². The number of carbonyl (C=O) groups is 1. The van der Waals surface area contributed by atoms with Crippen molar-refractivity contribution in [1.82, 2.24) is 15.0 Å². The van der Waals surface area contributed by atoms with Gasteiger partial charge in [0, 0.05) is 38.2 Å². The SMILES string of the molecule is CCOC(=O)c1cnc(-c2cccnc2)nc1N(C)C. The molecule has 2 heterocycles. The molecule has 6 nitrogen and oxygen atoms in total. The molecule has 20 heavy (non-hydrogen) atoms. The van der Waals surface area contributed by atoms with Gasteiger partial charge in [-0.05, 0) is 19.1 Å². The normalized spacial score (nSPS) is 10.2. The fourth-order valence-corrected chi connectivity index (χ4v) is 1.70. The van der Waals surface area contributed by atoms with Crippen LogP contribution in [0.4, 0.5) is 5.82 Å². The molecule has 0 aliphatic rings. The fraction of sp³-hybridized carbons (Fsp3) is 0.286. The van der Waals surface area contributed by atoms with Crippen LogP contribution in [0.15, 0.2) is 30.7 Å². The molecule has 0 aromatic carbocycles. The predicted molar refractivity (Wildman–Crippen MR) is 75.5 cm³/mol. The first-order chi connectivity index (χ1) is 9.63. The molecule has 2 aromatic heterocycles. The average Bonchev–Trinajstić information content (AvgIpc) is 2.47. The summed E-state index contributed by atoms with van der Waals surface area (Å²) < 4.78 is 5.01. The summed E-state index contributed by atoms with van der Waals surface area (Å²) in [6, 6.07) is 3.68. The Morgan fingerprint density at radius 2 is 2.15 bits per heavy atom. The van der Waals surface area contributed by atoms with Gasteiger partial charge >= 0.3 is 5.97 Å². The molecule has 0 radical (unpaired) electrons. The lowest BCUT2D eigenvalue weighted by atomic mass is 10.2. The van der Waals surface area contributed by atoms with Crippen molar-refractivity contribution in [2.24, 2.45) is 0 Å². The van der Waals surface area contributed by atoms with Crippen molar-refractivity contribution in [3.05, 3.63) is 36.3 Å². The first-order valence-electron chi connectivity index (χ1n) is 6.25. The highest BCUT2D eigenvalue weighted by molar-refractivity contribution is 5.94. The molecular weight excluding hydrogens is 256 g/mol. The van der Waals surface area contributed by atoms with E-state index in [-0.39, 0.29) is 0 Å². The Bertz CT molecular complexity index is 599. The molecular formula is C14H16N4O2. The van der Waals surface area contributed by atoms with Crippen LogP contribution >= 0.6 is 0 Å². The fourth-order valence-electron chi connectivity index (χ4n) is 1.70. The Hall–Kier alpha value is -2.50. The maximum absolute atomic E-state index is 11.9. The van der Waals surface area contributed by atoms with E-state index in [1.807, 2.05) is 26.2 Å². The Balaban J connectivity index is 2.45. The molecule has 0 bridgehead atoms. The minimum absolute atomic E-state index is 0.316. The lowest BCUT2D eigenvalue weighted by Gasteiger charge is -2.15. The van der Waals surface area contributed by atoms with Crippen LogP contribution in [-0.4, -0.2) is 41.6 Å². The van der Waals surface area contributed by atoms with Crippen LogP contribution in [-0.2, 0) is 4.74 Å². The quantitative estimate of drug-likeness (QED) is 0.790. The molecule has 0 saturated heterocycles. The number of nitrogens with zero attached hydrogens (tertiary/aromatic N) is 4. The molecule has 2 aromatic rings. The number of hydrogen-bond donors (Lipinski definition) is 0. The Morgan fingerprint density at radius 1 is 1.35 bits per heavy atom. The summed E-state index contributed by atoms with van der Waals surface area (Å²) in [5, 5.41) is 0. The second-order valence-electron chi connectivity index (χ2n) is 4.29. The number of carbonyl (C=O) groups excluding carboxylic acids is 1. The molecule has 104 valence electrons. The maximum Gasteiger partial charge on any atom is 0.343 e. The summed E-state index contributed by atoms with van der Waals surface area (Å²) >= 11 is 0. The third kappa shape index (κ3) is 2.90. The van der Waals surface area contributed by atoms with E-state index >= 15 is 0 Å². The van der Waals surface area contributed by atoms with Gasteiger partial charge in [-0.1, -0.05) is 0 Å². The number of rotatable bonds is 4. The summed E-state index contributed by atoms with van der Waals surface area (Å²) in [5.74, 6) is 0.626. The number of anilines is 1. The third-order valence-corrected chi connectivity index (χ3v) is 2.61. The average molecular weight is 272 g/mol. The van der Waals surface area contributed by atoms with Gasteiger partial charge in [-0.3, -0.25) is 4.98 Å². The van der Waals surface area contributed by atoms with E-state index < -0.39 is 5.97 Å². The van der Waals surface area contributed by atoms with Gasteiger partial charge in [-0.2, -0.15) is 0 Å². The smallest absolute Gasteiger partial charge is 0.343 e. The van der Waals surface area contributed by atoms with Crippen molar-refractivity contribution >= 4 is 11.8 Å². The van der Waals surface area contributed by atoms with Gasteiger partial charge in [-0.25, -0.2) is 14.8 Å². The van der Waals surface area contributed by atoms with Crippen LogP contribution in [0.1, 0.15) is 17.3 Å². The van der Waals surface area contributed by atoms with E-state index in [2.05, 4.69) is 15.0 Å². The molecule has 6 heteroatoms. The highest BCUT2D eigenvalue weighted by Crippen LogP contribution is 2.21. The summed E-state index contributed by atoms with van der Waals surface area (Å²) in [7, 11) is 3.64. The molecule has 0 fully saturated rings. The van der Waals surface area contributed by atoms with E-state index in [9.17, 15) is 4.79 Å². The van der Waals surface area contributed by atoms with E-state index in [1.165, 1.54) is 6.20 Å². The Kier molecular flexibility index (Phi) is 4.24. The van der Waals surface area contributed by atoms with E-state index in [0.717, 1.165) is 5.56 Å². The number of ether oxygens (including phenoxy) is 1. The highest BCUT2D eigenvalue weighted by Gasteiger charge is 2.17. The van der Waals surface area contributed by atoms with E-state index in [1.54, 1.807) is 24.2 Å². The Labute approximate surface area is 117 Å². The summed E-state index contributed by atoms with van der Waals surface area (Å²) in [4.78, 5) is 26.3. The first kappa shape index (κ1) is 13.9. The molecule has 0 aliphatic heterocycles. The monoisotopic (exact) mass is 272 g/mol. The van der Waals surface area contributed by atoms with Gasteiger partial charge < -0.3 is 9.64 Å². The topological polar surface area (TPSA) is 68.2 Å². The zero-order chi connectivity index (χ0) is 14.5. The molecule has 0 N–H and O–H groups in total. The highest BCUT2D eigenvalue weighted by atomic mass is 16.5. The van der Waals surface area contributed by atoms with Gasteiger partial charge in [-0.15, -0.1) is 0 Å². The van der Waals surface area contributed by atoms with Gasteiger partial charge in [0.05, 0.1) is 6.61 Å². The van der Waals surface area contributed by atoms with Gasteiger partial charge in [0.2, 0.25) is 0 Å². The van der Waals surface area contributed by atoms with Crippen molar-refractivity contribution in [1.29, 1.82) is 0 Å². The lowest BCUT2D eigenvalue weighted by molar-refractivity contribution is 0.0526. The van der Waals surface area contributed by atoms with Crippen molar-refractivity contribution in [3.63, 3.8) is 0 Å². The van der Waals surface area contributed by atoms with Crippen molar-refractivity contribution in [2.75, 3.05) is 25.6 Å². The Morgan fingerprint density at radius 3 is 2.75 bits per heavy atom. The molecule has 2 rings (SSSR count). The molecule has 0 saturated carbocycles. The van der Waals surface area contributed by atoms with Crippen LogP contribution in [0.25, 0.3) is 11.4 Å². The van der Waals surface area contributed by atoms with Crippen molar-refractivity contribution in [2.45, 2.75) is 6.92 Å². The van der Waals surface area contributed by atoms with Crippen LogP contribution < -0.4 is 4.90 Å². The number of pyridine rings is 1. The molecule has 0 amide bonds. The zero-order valence-corrected chi connectivity index (χ0v) is 11.7. The van der Waals surface area contributed by atoms with Gasteiger partial charge in [0.25, 0.3) is 0 Å². The molecule has 0 atom stereocenters. The number of aromatic nitrogens is 3. The summed E-state index contributed by atoms with van der Waals surface area (Å²) in [6.45, 7) is 2.08. The summed E-state index contributed by atoms with van der Waals surface area (Å²) in [6.07, 6.45) is 4.85. The number of hydrogen-bond acceptors (Lipinski definition) is 6. The lowest BCUT2D eigenvalue weighted by Crippen LogP contribution is -2.18. The summed E-state index contributed by atoms with van der Waals surface area (Å²) in [5.41, 5.74) is 1.15. The minimum Gasteiger partial charge on any atom is -0.462 e. The van der Waals surface area contributed by atoms with Crippen LogP contribution in [0, 0.1) is 0 Å². The zero-order valence-electron chi connectivity index (χ0n) is 11.7. The van der Waals surface area contributed by atoms with Crippen LogP contribution in [0.3, 0.4) is 0 Å². The second kappa shape index (κ2) is 6.10. The largest absolute Gasteiger partial charge is 0.462 e. The first-order valence-corrected chi connectivity index (χ1v) is 6.25. The molecule has 0 aliphatic carbocycles. The van der Waals surface area contributed by atoms with Crippen LogP contribution in [0.2, 0.25) is 0 Å². The minimum atomic E-state index is -0.422. The van der Waals surface area contributed by atoms with Gasteiger partial charge in [0.15, 0.2) is 5.82 Å². The second-order valence-corrected chi connectivity index (χ2v) is 4.29. The third-order valence-electron chi connectivity index (χ3n) is 2.61. The maximum atomic E-state index is 11.9. The van der Waals surface area contributed by atoms with E-state index in [4.69, 9.17) is 4.74 Å². The van der Waals surface area contributed by atoms with Crippen molar-refractivity contribution < 1.29 is 9.53 Å². The molecule has 0 unspecified atom stereocenters. The van der Waals surface area contributed by atoms with E-state index in [0.29, 0.717) is 23.8 Å². The standard InChI is InChI=1S/C14H16N4O2/c1-4-20-14(19)11-9-16-12(17-13(11)18(2)3)10-6-5-7-15-8-10/h5-9H,4H2,1-3H3. The number of esters is 1. The predicted octanol–water partition coefficient (Wildman–Crippen LogP) is 1.78. The van der Waals surface area contributed by atoms with Crippen molar-refractivity contribution in [3.8, 4) is 11.4 Å². The molecule has 0 spiro atoms.